The van der Waals surface area contributed by atoms with Gasteiger partial charge in [-0.2, -0.15) is 0 Å². The number of nitrogens with two attached hydrogens (primary N) is 1. The van der Waals surface area contributed by atoms with Crippen molar-refractivity contribution in [1.29, 1.82) is 0 Å². The van der Waals surface area contributed by atoms with Crippen LogP contribution < -0.4 is 10.6 Å². The first-order valence-corrected chi connectivity index (χ1v) is 7.62. The van der Waals surface area contributed by atoms with Gasteiger partial charge in [0.05, 0.1) is 12.2 Å². The number of carbonyl (C=O) groups excluding carboxylic acids is 1. The minimum atomic E-state index is -0.328. The monoisotopic (exact) mass is 291 g/mol. The average molecular weight is 291 g/mol. The quantitative estimate of drug-likeness (QED) is 0.511. The molecule has 0 aliphatic carbocycles. The summed E-state index contributed by atoms with van der Waals surface area (Å²) in [5.74, 6) is -0.328. The fourth-order valence-electron chi connectivity index (χ4n) is 2.38. The molecule has 0 unspecified atom stereocenters. The molecule has 5 heteroatoms. The molecule has 0 aromatic heterocycles. The van der Waals surface area contributed by atoms with E-state index in [4.69, 9.17) is 10.5 Å². The van der Waals surface area contributed by atoms with Crippen LogP contribution in [0.25, 0.3) is 0 Å². The van der Waals surface area contributed by atoms with E-state index in [2.05, 4.69) is 23.8 Å². The molecule has 116 valence electrons. The number of unbranched alkanes of at least 4 members (excludes halogenated alkanes) is 1. The number of likely N-dealkylation sites (N-methyl/N-ethyl adjacent to an activating group) is 1. The van der Waals surface area contributed by atoms with Crippen molar-refractivity contribution in [1.82, 2.24) is 4.90 Å². The van der Waals surface area contributed by atoms with E-state index in [1.165, 1.54) is 0 Å². The fraction of sp³-hybridized carbons (Fsp3) is 0.562. The Morgan fingerprint density at radius 2 is 2.00 bits per heavy atom. The van der Waals surface area contributed by atoms with Crippen molar-refractivity contribution >= 4 is 17.3 Å². The highest BCUT2D eigenvalue weighted by atomic mass is 16.5. The van der Waals surface area contributed by atoms with E-state index in [0.717, 1.165) is 44.7 Å². The molecule has 21 heavy (non-hydrogen) atoms. The molecule has 1 aliphatic heterocycles. The van der Waals surface area contributed by atoms with Gasteiger partial charge in [0.1, 0.15) is 0 Å². The third kappa shape index (κ3) is 4.11. The lowest BCUT2D eigenvalue weighted by Crippen LogP contribution is -2.44. The SMILES string of the molecule is CCCCOC(=O)c1ccc(N2CCN(C)CC2)cc1N. The lowest BCUT2D eigenvalue weighted by molar-refractivity contribution is 0.0501. The first-order chi connectivity index (χ1) is 10.1. The number of nitrogen functional groups attached to an aromatic ring is 1. The molecule has 5 nitrogen and oxygen atoms in total. The van der Waals surface area contributed by atoms with Crippen LogP contribution in [0.15, 0.2) is 18.2 Å². The summed E-state index contributed by atoms with van der Waals surface area (Å²) in [5.41, 5.74) is 8.05. The van der Waals surface area contributed by atoms with Gasteiger partial charge in [0, 0.05) is 37.6 Å². The fourth-order valence-corrected chi connectivity index (χ4v) is 2.38. The highest BCUT2D eigenvalue weighted by Gasteiger charge is 2.17. The van der Waals surface area contributed by atoms with Gasteiger partial charge in [-0.25, -0.2) is 4.79 Å². The Bertz CT molecular complexity index is 482. The Kier molecular flexibility index (Phi) is 5.44. The van der Waals surface area contributed by atoms with Crippen LogP contribution in [-0.2, 0) is 4.74 Å². The number of esters is 1. The maximum Gasteiger partial charge on any atom is 0.340 e. The number of carbonyl (C=O) groups is 1. The van der Waals surface area contributed by atoms with Crippen LogP contribution in [0.2, 0.25) is 0 Å². The van der Waals surface area contributed by atoms with Gasteiger partial charge in [0.15, 0.2) is 0 Å². The van der Waals surface area contributed by atoms with Crippen LogP contribution in [-0.4, -0.2) is 50.7 Å². The van der Waals surface area contributed by atoms with E-state index in [1.54, 1.807) is 6.07 Å². The van der Waals surface area contributed by atoms with Gasteiger partial charge in [-0.3, -0.25) is 0 Å². The summed E-state index contributed by atoms with van der Waals surface area (Å²) >= 11 is 0. The number of anilines is 2. The summed E-state index contributed by atoms with van der Waals surface area (Å²) in [4.78, 5) is 16.5. The molecule has 1 aromatic carbocycles. The van der Waals surface area contributed by atoms with Crippen LogP contribution in [0.5, 0.6) is 0 Å². The van der Waals surface area contributed by atoms with Gasteiger partial charge in [-0.05, 0) is 31.7 Å². The maximum absolute atomic E-state index is 11.9. The molecular formula is C16H25N3O2. The van der Waals surface area contributed by atoms with Crippen molar-refractivity contribution in [2.45, 2.75) is 19.8 Å². The van der Waals surface area contributed by atoms with Crippen LogP contribution in [0.1, 0.15) is 30.1 Å². The maximum atomic E-state index is 11.9. The summed E-state index contributed by atoms with van der Waals surface area (Å²) in [6.07, 6.45) is 1.89. The van der Waals surface area contributed by atoms with Gasteiger partial charge in [-0.1, -0.05) is 13.3 Å². The standard InChI is InChI=1S/C16H25N3O2/c1-3-4-11-21-16(20)14-6-5-13(12-15(14)17)19-9-7-18(2)8-10-19/h5-6,12H,3-4,7-11,17H2,1-2H3. The Labute approximate surface area is 126 Å². The van der Waals surface area contributed by atoms with E-state index < -0.39 is 0 Å². The molecule has 0 bridgehead atoms. The second-order valence-corrected chi connectivity index (χ2v) is 5.55. The summed E-state index contributed by atoms with van der Waals surface area (Å²) in [6, 6.07) is 5.61. The van der Waals surface area contributed by atoms with Crippen molar-refractivity contribution in [3.8, 4) is 0 Å². The third-order valence-electron chi connectivity index (χ3n) is 3.85. The number of piperazine rings is 1. The average Bonchev–Trinajstić information content (AvgIpc) is 2.48. The first kappa shape index (κ1) is 15.6. The van der Waals surface area contributed by atoms with Crippen LogP contribution in [0.3, 0.4) is 0 Å². The highest BCUT2D eigenvalue weighted by Crippen LogP contribution is 2.23. The summed E-state index contributed by atoms with van der Waals surface area (Å²) in [7, 11) is 2.13. The van der Waals surface area contributed by atoms with Crippen molar-refractivity contribution in [3.63, 3.8) is 0 Å². The molecule has 1 heterocycles. The molecule has 0 spiro atoms. The van der Waals surface area contributed by atoms with Gasteiger partial charge in [-0.15, -0.1) is 0 Å². The predicted octanol–water partition coefficient (Wildman–Crippen LogP) is 1.98. The number of rotatable bonds is 5. The summed E-state index contributed by atoms with van der Waals surface area (Å²) < 4.78 is 5.21. The molecule has 1 saturated heterocycles. The van der Waals surface area contributed by atoms with Gasteiger partial charge >= 0.3 is 5.97 Å². The number of ether oxygens (including phenoxy) is 1. The molecular weight excluding hydrogens is 266 g/mol. The third-order valence-corrected chi connectivity index (χ3v) is 3.85. The molecule has 2 N–H and O–H groups in total. The summed E-state index contributed by atoms with van der Waals surface area (Å²) in [6.45, 7) is 6.57. The van der Waals surface area contributed by atoms with E-state index >= 15 is 0 Å². The number of nitrogens with zero attached hydrogens (tertiary/aromatic N) is 2. The smallest absolute Gasteiger partial charge is 0.340 e. The topological polar surface area (TPSA) is 58.8 Å². The predicted molar refractivity (Wildman–Crippen MR) is 85.8 cm³/mol. The largest absolute Gasteiger partial charge is 0.462 e. The zero-order chi connectivity index (χ0) is 15.2. The second-order valence-electron chi connectivity index (χ2n) is 5.55. The highest BCUT2D eigenvalue weighted by molar-refractivity contribution is 5.95. The van der Waals surface area contributed by atoms with Gasteiger partial charge in [0.25, 0.3) is 0 Å². The van der Waals surface area contributed by atoms with Crippen LogP contribution in [0.4, 0.5) is 11.4 Å². The molecule has 1 aromatic rings. The molecule has 1 fully saturated rings. The molecule has 1 aliphatic rings. The lowest BCUT2D eigenvalue weighted by Gasteiger charge is -2.34. The van der Waals surface area contributed by atoms with Crippen LogP contribution >= 0.6 is 0 Å². The van der Waals surface area contributed by atoms with E-state index in [1.807, 2.05) is 12.1 Å². The van der Waals surface area contributed by atoms with E-state index in [9.17, 15) is 4.79 Å². The van der Waals surface area contributed by atoms with E-state index in [0.29, 0.717) is 17.9 Å². The van der Waals surface area contributed by atoms with Gasteiger partial charge in [0.2, 0.25) is 0 Å². The van der Waals surface area contributed by atoms with Crippen LogP contribution in [0, 0.1) is 0 Å². The molecule has 0 atom stereocenters. The van der Waals surface area contributed by atoms with Crippen molar-refractivity contribution in [2.24, 2.45) is 0 Å². The van der Waals surface area contributed by atoms with Crippen molar-refractivity contribution in [2.75, 3.05) is 50.5 Å². The number of hydrogen-bond donors (Lipinski definition) is 1. The van der Waals surface area contributed by atoms with E-state index in [-0.39, 0.29) is 5.97 Å². The Hall–Kier alpha value is -1.75. The number of benzene rings is 1. The Balaban J connectivity index is 2.01. The molecule has 0 amide bonds. The molecule has 2 rings (SSSR count). The minimum absolute atomic E-state index is 0.328. The summed E-state index contributed by atoms with van der Waals surface area (Å²) in [5, 5.41) is 0. The lowest BCUT2D eigenvalue weighted by atomic mass is 10.1. The zero-order valence-corrected chi connectivity index (χ0v) is 13.0. The van der Waals surface area contributed by atoms with Crippen molar-refractivity contribution < 1.29 is 9.53 Å². The number of hydrogen-bond acceptors (Lipinski definition) is 5. The minimum Gasteiger partial charge on any atom is -0.462 e. The first-order valence-electron chi connectivity index (χ1n) is 7.62. The zero-order valence-electron chi connectivity index (χ0n) is 13.0. The second kappa shape index (κ2) is 7.31. The molecule has 0 radical (unpaired) electrons. The van der Waals surface area contributed by atoms with Gasteiger partial charge < -0.3 is 20.3 Å². The molecule has 0 saturated carbocycles. The normalized spacial score (nSPS) is 16.0. The van der Waals surface area contributed by atoms with Crippen molar-refractivity contribution in [3.05, 3.63) is 23.8 Å². The Morgan fingerprint density at radius 3 is 2.62 bits per heavy atom. The Morgan fingerprint density at radius 1 is 1.29 bits per heavy atom.